The van der Waals surface area contributed by atoms with E-state index in [1.54, 1.807) is 0 Å². The molecule has 0 saturated carbocycles. The van der Waals surface area contributed by atoms with Crippen molar-refractivity contribution >= 4 is 5.97 Å². The molecule has 0 amide bonds. The molecule has 0 saturated heterocycles. The van der Waals surface area contributed by atoms with Crippen LogP contribution in [0.25, 0.3) is 0 Å². The highest BCUT2D eigenvalue weighted by molar-refractivity contribution is 5.72. The molecule has 1 rings (SSSR count). The number of rotatable bonds is 6. The van der Waals surface area contributed by atoms with Crippen LogP contribution in [0, 0.1) is 5.41 Å². The molecular weight excluding hydrogens is 238 g/mol. The number of methoxy groups -OCH3 is 1. The van der Waals surface area contributed by atoms with Crippen molar-refractivity contribution < 1.29 is 9.53 Å². The lowest BCUT2D eigenvalue weighted by molar-refractivity contribution is -0.139. The summed E-state index contributed by atoms with van der Waals surface area (Å²) >= 11 is 0. The van der Waals surface area contributed by atoms with Crippen LogP contribution in [-0.2, 0) is 22.5 Å². The summed E-state index contributed by atoms with van der Waals surface area (Å²) < 4.78 is 4.72. The molecule has 0 spiro atoms. The second-order valence-electron chi connectivity index (χ2n) is 6.01. The van der Waals surface area contributed by atoms with E-state index in [9.17, 15) is 4.79 Å². The lowest BCUT2D eigenvalue weighted by Gasteiger charge is -2.18. The minimum absolute atomic E-state index is 0.192. The van der Waals surface area contributed by atoms with Gasteiger partial charge < -0.3 is 10.1 Å². The Kier molecular flexibility index (Phi) is 6.03. The van der Waals surface area contributed by atoms with Crippen LogP contribution in [-0.4, -0.2) is 19.6 Å². The van der Waals surface area contributed by atoms with E-state index in [2.05, 4.69) is 32.2 Å². The fourth-order valence-electron chi connectivity index (χ4n) is 1.82. The van der Waals surface area contributed by atoms with Crippen LogP contribution in [0.4, 0.5) is 0 Å². The highest BCUT2D eigenvalue weighted by Gasteiger charge is 2.10. The molecule has 0 aliphatic heterocycles. The molecule has 0 unspecified atom stereocenters. The van der Waals surface area contributed by atoms with E-state index in [4.69, 9.17) is 4.74 Å². The number of ether oxygens (including phenoxy) is 1. The Labute approximate surface area is 116 Å². The Morgan fingerprint density at radius 1 is 1.21 bits per heavy atom. The van der Waals surface area contributed by atoms with E-state index >= 15 is 0 Å². The first-order valence-electron chi connectivity index (χ1n) is 6.77. The van der Waals surface area contributed by atoms with Crippen molar-refractivity contribution in [2.24, 2.45) is 5.41 Å². The summed E-state index contributed by atoms with van der Waals surface area (Å²) in [6.07, 6.45) is 1.47. The first-order valence-corrected chi connectivity index (χ1v) is 6.77. The van der Waals surface area contributed by atoms with Gasteiger partial charge in [-0.05, 0) is 29.5 Å². The van der Waals surface area contributed by atoms with Gasteiger partial charge >= 0.3 is 5.97 Å². The molecule has 1 aromatic rings. The molecule has 1 N–H and O–H groups in total. The van der Waals surface area contributed by atoms with Crippen LogP contribution in [0.1, 0.15) is 38.3 Å². The van der Waals surface area contributed by atoms with E-state index in [0.29, 0.717) is 11.8 Å². The van der Waals surface area contributed by atoms with Crippen molar-refractivity contribution in [1.29, 1.82) is 0 Å². The molecule has 0 aliphatic carbocycles. The molecule has 0 bridgehead atoms. The zero-order valence-electron chi connectivity index (χ0n) is 12.5. The molecule has 0 aromatic heterocycles. The third-order valence-corrected chi connectivity index (χ3v) is 3.05. The fraction of sp³-hybridized carbons (Fsp3) is 0.562. The van der Waals surface area contributed by atoms with Gasteiger partial charge in [0.1, 0.15) is 0 Å². The van der Waals surface area contributed by atoms with E-state index < -0.39 is 0 Å². The van der Waals surface area contributed by atoms with Gasteiger partial charge in [0.2, 0.25) is 0 Å². The molecule has 3 nitrogen and oxygen atoms in total. The zero-order valence-corrected chi connectivity index (χ0v) is 12.5. The topological polar surface area (TPSA) is 38.3 Å². The van der Waals surface area contributed by atoms with Crippen molar-refractivity contribution in [2.45, 2.75) is 40.2 Å². The molecule has 0 aliphatic rings. The number of carbonyl (C=O) groups is 1. The predicted molar refractivity (Wildman–Crippen MR) is 77.9 cm³/mol. The van der Waals surface area contributed by atoms with Crippen LogP contribution in [0.15, 0.2) is 24.3 Å². The predicted octanol–water partition coefficient (Wildman–Crippen LogP) is 2.93. The van der Waals surface area contributed by atoms with Crippen LogP contribution >= 0.6 is 0 Å². The minimum atomic E-state index is -0.192. The number of hydrogen-bond donors (Lipinski definition) is 1. The summed E-state index contributed by atoms with van der Waals surface area (Å²) in [6, 6.07) is 8.00. The Morgan fingerprint density at radius 2 is 1.84 bits per heavy atom. The summed E-state index contributed by atoms with van der Waals surface area (Å²) in [7, 11) is 1.42. The molecule has 3 heteroatoms. The van der Waals surface area contributed by atoms with Gasteiger partial charge in [0.05, 0.1) is 13.5 Å². The van der Waals surface area contributed by atoms with Gasteiger partial charge in [0.15, 0.2) is 0 Å². The minimum Gasteiger partial charge on any atom is -0.469 e. The maximum atomic E-state index is 11.4. The van der Waals surface area contributed by atoms with Crippen LogP contribution in [0.3, 0.4) is 0 Å². The number of esters is 1. The van der Waals surface area contributed by atoms with Crippen molar-refractivity contribution in [2.75, 3.05) is 13.7 Å². The largest absolute Gasteiger partial charge is 0.469 e. The van der Waals surface area contributed by atoms with Gasteiger partial charge in [-0.15, -0.1) is 0 Å². The average Bonchev–Trinajstić information content (AvgIpc) is 2.35. The Morgan fingerprint density at radius 3 is 2.42 bits per heavy atom. The van der Waals surface area contributed by atoms with Crippen molar-refractivity contribution in [3.8, 4) is 0 Å². The molecule has 0 heterocycles. The van der Waals surface area contributed by atoms with Gasteiger partial charge in [0.25, 0.3) is 0 Å². The Bertz CT molecular complexity index is 407. The molecule has 0 atom stereocenters. The van der Waals surface area contributed by atoms with E-state index in [1.807, 2.05) is 18.2 Å². The Balaban J connectivity index is 2.51. The van der Waals surface area contributed by atoms with Gasteiger partial charge in [-0.2, -0.15) is 0 Å². The first kappa shape index (κ1) is 15.7. The molecule has 0 radical (unpaired) electrons. The molecule has 19 heavy (non-hydrogen) atoms. The van der Waals surface area contributed by atoms with Crippen molar-refractivity contribution in [3.63, 3.8) is 0 Å². The van der Waals surface area contributed by atoms with E-state index in [1.165, 1.54) is 12.7 Å². The SMILES string of the molecule is COC(=O)Cc1ccccc1CNCCC(C)(C)C. The normalized spacial score (nSPS) is 11.4. The van der Waals surface area contributed by atoms with Gasteiger partial charge in [-0.25, -0.2) is 0 Å². The summed E-state index contributed by atoms with van der Waals surface area (Å²) in [6.45, 7) is 8.49. The lowest BCUT2D eigenvalue weighted by atomic mass is 9.92. The number of benzene rings is 1. The highest BCUT2D eigenvalue weighted by atomic mass is 16.5. The van der Waals surface area contributed by atoms with Crippen LogP contribution in [0.2, 0.25) is 0 Å². The third-order valence-electron chi connectivity index (χ3n) is 3.05. The quantitative estimate of drug-likeness (QED) is 0.633. The third kappa shape index (κ3) is 6.39. The van der Waals surface area contributed by atoms with E-state index in [0.717, 1.165) is 25.1 Å². The molecule has 1 aromatic carbocycles. The standard InChI is InChI=1S/C16H25NO2/c1-16(2,3)9-10-17-12-14-8-6-5-7-13(14)11-15(18)19-4/h5-8,17H,9-12H2,1-4H3. The van der Waals surface area contributed by atoms with E-state index in [-0.39, 0.29) is 5.97 Å². The summed E-state index contributed by atoms with van der Waals surface area (Å²) in [5.41, 5.74) is 2.55. The van der Waals surface area contributed by atoms with Gasteiger partial charge in [-0.1, -0.05) is 45.0 Å². The molecular formula is C16H25NO2. The van der Waals surface area contributed by atoms with Crippen LogP contribution < -0.4 is 5.32 Å². The first-order chi connectivity index (χ1) is 8.92. The van der Waals surface area contributed by atoms with Gasteiger partial charge in [-0.3, -0.25) is 4.79 Å². The lowest BCUT2D eigenvalue weighted by Crippen LogP contribution is -2.21. The maximum Gasteiger partial charge on any atom is 0.309 e. The molecule has 0 fully saturated rings. The zero-order chi connectivity index (χ0) is 14.3. The van der Waals surface area contributed by atoms with Crippen molar-refractivity contribution in [1.82, 2.24) is 5.32 Å². The summed E-state index contributed by atoms with van der Waals surface area (Å²) in [5, 5.41) is 3.44. The smallest absolute Gasteiger partial charge is 0.309 e. The summed E-state index contributed by atoms with van der Waals surface area (Å²) in [4.78, 5) is 11.4. The van der Waals surface area contributed by atoms with Gasteiger partial charge in [0, 0.05) is 6.54 Å². The fourth-order valence-corrected chi connectivity index (χ4v) is 1.82. The highest BCUT2D eigenvalue weighted by Crippen LogP contribution is 2.17. The average molecular weight is 263 g/mol. The number of carbonyl (C=O) groups excluding carboxylic acids is 1. The monoisotopic (exact) mass is 263 g/mol. The Hall–Kier alpha value is -1.35. The summed E-state index contributed by atoms with van der Waals surface area (Å²) in [5.74, 6) is -0.192. The second-order valence-corrected chi connectivity index (χ2v) is 6.01. The number of nitrogens with one attached hydrogen (secondary N) is 1. The maximum absolute atomic E-state index is 11.4. The van der Waals surface area contributed by atoms with Crippen molar-refractivity contribution in [3.05, 3.63) is 35.4 Å². The number of hydrogen-bond acceptors (Lipinski definition) is 3. The second kappa shape index (κ2) is 7.29. The van der Waals surface area contributed by atoms with Crippen LogP contribution in [0.5, 0.6) is 0 Å². The molecule has 106 valence electrons.